The highest BCUT2D eigenvalue weighted by atomic mass is 14.9. The summed E-state index contributed by atoms with van der Waals surface area (Å²) in [5.74, 6) is 0. The van der Waals surface area contributed by atoms with Crippen molar-refractivity contribution in [3.63, 3.8) is 0 Å². The first-order valence-electron chi connectivity index (χ1n) is 6.54. The van der Waals surface area contributed by atoms with E-state index in [0.29, 0.717) is 6.04 Å². The largest absolute Gasteiger partial charge is 0.382 e. The molecule has 2 nitrogen and oxygen atoms in total. The third-order valence-electron chi connectivity index (χ3n) is 2.29. The van der Waals surface area contributed by atoms with Gasteiger partial charge in [0, 0.05) is 11.6 Å². The fourth-order valence-corrected chi connectivity index (χ4v) is 1.59. The van der Waals surface area contributed by atoms with Crippen LogP contribution in [0, 0.1) is 0 Å². The Morgan fingerprint density at radius 2 is 1.61 bits per heavy atom. The van der Waals surface area contributed by atoms with E-state index >= 15 is 0 Å². The summed E-state index contributed by atoms with van der Waals surface area (Å²) in [4.78, 5) is 4.44. The van der Waals surface area contributed by atoms with Gasteiger partial charge in [0.05, 0.1) is 17.6 Å². The maximum Gasteiger partial charge on any atom is 0.0703 e. The van der Waals surface area contributed by atoms with Gasteiger partial charge in [-0.25, -0.2) is 0 Å². The normalized spacial score (nSPS) is 9.61. The Morgan fingerprint density at radius 3 is 2.11 bits per heavy atom. The standard InChI is InChI=1S/C14H16N2.C2H6/c1-11(2)16-13-8-9-14(15-10-13)12-6-4-3-5-7-12;1-2/h3-11,16H,1-2H3;1-2H3. The van der Waals surface area contributed by atoms with E-state index in [4.69, 9.17) is 0 Å². The van der Waals surface area contributed by atoms with Crippen molar-refractivity contribution in [1.82, 2.24) is 4.98 Å². The molecule has 0 atom stereocenters. The van der Waals surface area contributed by atoms with E-state index in [0.717, 1.165) is 16.9 Å². The molecule has 1 N–H and O–H groups in total. The van der Waals surface area contributed by atoms with Crippen LogP contribution in [0.2, 0.25) is 0 Å². The molecule has 0 aliphatic rings. The van der Waals surface area contributed by atoms with E-state index in [2.05, 4.69) is 42.3 Å². The van der Waals surface area contributed by atoms with E-state index in [1.165, 1.54) is 0 Å². The number of hydrogen-bond donors (Lipinski definition) is 1. The van der Waals surface area contributed by atoms with Gasteiger partial charge in [-0.05, 0) is 26.0 Å². The molecule has 0 saturated carbocycles. The number of aromatic nitrogens is 1. The van der Waals surface area contributed by atoms with Crippen molar-refractivity contribution in [2.24, 2.45) is 0 Å². The summed E-state index contributed by atoms with van der Waals surface area (Å²) < 4.78 is 0. The second-order valence-electron chi connectivity index (χ2n) is 4.10. The van der Waals surface area contributed by atoms with Crippen LogP contribution in [0.15, 0.2) is 48.7 Å². The summed E-state index contributed by atoms with van der Waals surface area (Å²) in [6.07, 6.45) is 1.88. The first-order chi connectivity index (χ1) is 8.75. The molecule has 0 aliphatic heterocycles. The van der Waals surface area contributed by atoms with Crippen molar-refractivity contribution in [2.45, 2.75) is 33.7 Å². The maximum atomic E-state index is 4.44. The van der Waals surface area contributed by atoms with Gasteiger partial charge in [-0.2, -0.15) is 0 Å². The zero-order valence-corrected chi connectivity index (χ0v) is 11.6. The molecule has 0 spiro atoms. The molecule has 96 valence electrons. The van der Waals surface area contributed by atoms with E-state index in [1.54, 1.807) is 0 Å². The second-order valence-corrected chi connectivity index (χ2v) is 4.10. The molecule has 0 amide bonds. The fraction of sp³-hybridized carbons (Fsp3) is 0.312. The Balaban J connectivity index is 0.000000771. The third-order valence-corrected chi connectivity index (χ3v) is 2.29. The van der Waals surface area contributed by atoms with Gasteiger partial charge in [0.2, 0.25) is 0 Å². The van der Waals surface area contributed by atoms with E-state index < -0.39 is 0 Å². The monoisotopic (exact) mass is 242 g/mol. The zero-order chi connectivity index (χ0) is 13.4. The Hall–Kier alpha value is -1.83. The number of benzene rings is 1. The van der Waals surface area contributed by atoms with Crippen LogP contribution in [-0.2, 0) is 0 Å². The van der Waals surface area contributed by atoms with Gasteiger partial charge < -0.3 is 5.32 Å². The molecule has 0 unspecified atom stereocenters. The van der Waals surface area contributed by atoms with Crippen LogP contribution < -0.4 is 5.32 Å². The van der Waals surface area contributed by atoms with Crippen molar-refractivity contribution in [3.8, 4) is 11.3 Å². The van der Waals surface area contributed by atoms with Gasteiger partial charge in [0.25, 0.3) is 0 Å². The number of anilines is 1. The Kier molecular flexibility index (Phi) is 5.92. The number of pyridine rings is 1. The number of hydrogen-bond acceptors (Lipinski definition) is 2. The highest BCUT2D eigenvalue weighted by Crippen LogP contribution is 2.18. The molecule has 2 aromatic rings. The van der Waals surface area contributed by atoms with E-state index in [1.807, 2.05) is 44.3 Å². The van der Waals surface area contributed by atoms with Crippen molar-refractivity contribution in [3.05, 3.63) is 48.7 Å². The van der Waals surface area contributed by atoms with Crippen LogP contribution >= 0.6 is 0 Å². The summed E-state index contributed by atoms with van der Waals surface area (Å²) in [5.41, 5.74) is 3.23. The molecular formula is C16H22N2. The van der Waals surface area contributed by atoms with Gasteiger partial charge in [-0.15, -0.1) is 0 Å². The fourth-order valence-electron chi connectivity index (χ4n) is 1.59. The molecule has 0 fully saturated rings. The van der Waals surface area contributed by atoms with Gasteiger partial charge in [-0.3, -0.25) is 4.98 Å². The predicted octanol–water partition coefficient (Wildman–Crippen LogP) is 4.60. The Bertz CT molecular complexity index is 432. The van der Waals surface area contributed by atoms with E-state index in [-0.39, 0.29) is 0 Å². The first kappa shape index (κ1) is 14.2. The van der Waals surface area contributed by atoms with Gasteiger partial charge in [0.15, 0.2) is 0 Å². The third kappa shape index (κ3) is 4.21. The highest BCUT2D eigenvalue weighted by Gasteiger charge is 1.99. The van der Waals surface area contributed by atoms with Crippen LogP contribution in [0.25, 0.3) is 11.3 Å². The lowest BCUT2D eigenvalue weighted by atomic mass is 10.1. The smallest absolute Gasteiger partial charge is 0.0703 e. The lowest BCUT2D eigenvalue weighted by Crippen LogP contribution is -2.09. The molecule has 18 heavy (non-hydrogen) atoms. The van der Waals surface area contributed by atoms with Crippen molar-refractivity contribution in [2.75, 3.05) is 5.32 Å². The Labute approximate surface area is 110 Å². The minimum Gasteiger partial charge on any atom is -0.382 e. The molecule has 0 bridgehead atoms. The molecule has 2 rings (SSSR count). The van der Waals surface area contributed by atoms with Crippen LogP contribution in [0.1, 0.15) is 27.7 Å². The lowest BCUT2D eigenvalue weighted by Gasteiger charge is -2.09. The number of rotatable bonds is 3. The minimum atomic E-state index is 0.435. The predicted molar refractivity (Wildman–Crippen MR) is 79.8 cm³/mol. The Morgan fingerprint density at radius 1 is 0.944 bits per heavy atom. The first-order valence-corrected chi connectivity index (χ1v) is 6.54. The minimum absolute atomic E-state index is 0.435. The van der Waals surface area contributed by atoms with Crippen LogP contribution in [-0.4, -0.2) is 11.0 Å². The maximum absolute atomic E-state index is 4.44. The summed E-state index contributed by atoms with van der Waals surface area (Å²) in [6.45, 7) is 8.23. The van der Waals surface area contributed by atoms with Crippen molar-refractivity contribution < 1.29 is 0 Å². The van der Waals surface area contributed by atoms with E-state index in [9.17, 15) is 0 Å². The lowest BCUT2D eigenvalue weighted by molar-refractivity contribution is 0.898. The molecule has 1 aromatic heterocycles. The highest BCUT2D eigenvalue weighted by molar-refractivity contribution is 5.60. The topological polar surface area (TPSA) is 24.9 Å². The number of nitrogens with zero attached hydrogens (tertiary/aromatic N) is 1. The van der Waals surface area contributed by atoms with Crippen LogP contribution in [0.5, 0.6) is 0 Å². The molecule has 2 heteroatoms. The molecule has 0 aliphatic carbocycles. The molecule has 0 saturated heterocycles. The SMILES string of the molecule is CC.CC(C)Nc1ccc(-c2ccccc2)nc1. The molecule has 0 radical (unpaired) electrons. The number of nitrogens with one attached hydrogen (secondary N) is 1. The summed E-state index contributed by atoms with van der Waals surface area (Å²) in [7, 11) is 0. The van der Waals surface area contributed by atoms with Gasteiger partial charge >= 0.3 is 0 Å². The molecular weight excluding hydrogens is 220 g/mol. The second kappa shape index (κ2) is 7.49. The summed E-state index contributed by atoms with van der Waals surface area (Å²) >= 11 is 0. The van der Waals surface area contributed by atoms with Gasteiger partial charge in [0.1, 0.15) is 0 Å². The van der Waals surface area contributed by atoms with Crippen LogP contribution in [0.4, 0.5) is 5.69 Å². The quantitative estimate of drug-likeness (QED) is 0.851. The van der Waals surface area contributed by atoms with Crippen molar-refractivity contribution in [1.29, 1.82) is 0 Å². The molecule has 1 heterocycles. The summed E-state index contributed by atoms with van der Waals surface area (Å²) in [6, 6.07) is 14.7. The average molecular weight is 242 g/mol. The van der Waals surface area contributed by atoms with Crippen molar-refractivity contribution >= 4 is 5.69 Å². The zero-order valence-electron chi connectivity index (χ0n) is 11.6. The van der Waals surface area contributed by atoms with Gasteiger partial charge in [-0.1, -0.05) is 44.2 Å². The molecule has 1 aromatic carbocycles. The van der Waals surface area contributed by atoms with Crippen LogP contribution in [0.3, 0.4) is 0 Å². The summed E-state index contributed by atoms with van der Waals surface area (Å²) in [5, 5.41) is 3.32. The average Bonchev–Trinajstić information content (AvgIpc) is 2.42.